The van der Waals surface area contributed by atoms with Gasteiger partial charge < -0.3 is 37.3 Å². The summed E-state index contributed by atoms with van der Waals surface area (Å²) in [6, 6.07) is 21.5. The molecule has 368 valence electrons. The highest BCUT2D eigenvalue weighted by atomic mass is 28.4. The third-order valence-corrected chi connectivity index (χ3v) is 25.8. The van der Waals surface area contributed by atoms with Gasteiger partial charge in [-0.15, -0.1) is 0 Å². The van der Waals surface area contributed by atoms with E-state index in [1.165, 1.54) is 16.7 Å². The molecule has 0 spiro atoms. The second kappa shape index (κ2) is 23.3. The Morgan fingerprint density at radius 1 is 0.631 bits per heavy atom. The Morgan fingerprint density at radius 3 is 1.55 bits per heavy atom. The molecule has 1 N–H and O–H groups in total. The molecule has 2 aliphatic heterocycles. The second-order valence-electron chi connectivity index (χ2n) is 23.9. The third-order valence-electron chi connectivity index (χ3n) is 15.9. The fraction of sp³-hybridized carbons (Fsp3) is 0.741. The Morgan fingerprint density at radius 2 is 1.09 bits per heavy atom. The summed E-state index contributed by atoms with van der Waals surface area (Å²) in [5.41, 5.74) is 4.20. The molecule has 4 aliphatic rings. The molecule has 2 aromatic carbocycles. The SMILES string of the molecule is COC1C[C@@H]2[C@@H](CC[C@H](CCc3ccccc3)O[Si](C)(C)C(C)(C)C)[C@H](O)C[C@@H]2O1.COC1C[C@H]2[C@H](CC(=CO[Si](C)(C)C)[C@@H]2CC[C@H](CCc2ccccc2)O[Si](C)(C)C(C)(C)C)O1. The molecule has 4 fully saturated rings. The van der Waals surface area contributed by atoms with Crippen molar-refractivity contribution in [3.05, 3.63) is 83.6 Å². The fourth-order valence-corrected chi connectivity index (χ4v) is 13.4. The lowest BCUT2D eigenvalue weighted by molar-refractivity contribution is -0.118. The minimum atomic E-state index is -1.86. The molecule has 65 heavy (non-hydrogen) atoms. The first kappa shape index (κ1) is 54.3. The number of benzene rings is 2. The van der Waals surface area contributed by atoms with Gasteiger partial charge in [-0.05, 0) is 154 Å². The minimum Gasteiger partial charge on any atom is -0.550 e. The smallest absolute Gasteiger partial charge is 0.241 e. The van der Waals surface area contributed by atoms with E-state index in [0.29, 0.717) is 17.8 Å². The highest BCUT2D eigenvalue weighted by Gasteiger charge is 2.50. The summed E-state index contributed by atoms with van der Waals surface area (Å²) >= 11 is 0. The zero-order valence-corrected chi connectivity index (χ0v) is 46.5. The summed E-state index contributed by atoms with van der Waals surface area (Å²) in [6.07, 6.45) is 14.6. The van der Waals surface area contributed by atoms with Crippen LogP contribution in [0.4, 0.5) is 0 Å². The van der Waals surface area contributed by atoms with Crippen molar-refractivity contribution >= 4 is 25.0 Å². The summed E-state index contributed by atoms with van der Waals surface area (Å²) < 4.78 is 43.4. The summed E-state index contributed by atoms with van der Waals surface area (Å²) in [6.45, 7) is 30.1. The van der Waals surface area contributed by atoms with Crippen molar-refractivity contribution in [1.82, 2.24) is 0 Å². The first-order chi connectivity index (χ1) is 30.4. The van der Waals surface area contributed by atoms with Gasteiger partial charge >= 0.3 is 0 Å². The van der Waals surface area contributed by atoms with Crippen molar-refractivity contribution in [2.24, 2.45) is 23.7 Å². The first-order valence-electron chi connectivity index (χ1n) is 25.2. The number of hydrogen-bond donors (Lipinski definition) is 1. The largest absolute Gasteiger partial charge is 0.550 e. The topological polar surface area (TPSA) is 84.8 Å². The number of aryl methyl sites for hydroxylation is 2. The maximum Gasteiger partial charge on any atom is 0.241 e. The van der Waals surface area contributed by atoms with Gasteiger partial charge in [-0.1, -0.05) is 102 Å². The number of hydrogen-bond acceptors (Lipinski definition) is 8. The summed E-state index contributed by atoms with van der Waals surface area (Å²) in [7, 11) is -1.86. The van der Waals surface area contributed by atoms with Crippen molar-refractivity contribution < 1.29 is 37.3 Å². The molecule has 2 aliphatic carbocycles. The molecule has 6 rings (SSSR count). The van der Waals surface area contributed by atoms with E-state index in [-0.39, 0.29) is 59.1 Å². The molecule has 0 amide bonds. The van der Waals surface area contributed by atoms with Crippen LogP contribution in [0.15, 0.2) is 72.5 Å². The predicted octanol–water partition coefficient (Wildman–Crippen LogP) is 13.5. The number of ether oxygens (including phenoxy) is 4. The second-order valence-corrected chi connectivity index (χ2v) is 37.9. The van der Waals surface area contributed by atoms with Gasteiger partial charge in [-0.2, -0.15) is 0 Å². The zero-order valence-electron chi connectivity index (χ0n) is 43.5. The number of fused-ring (bicyclic) bond motifs is 2. The molecular weight excluding hydrogens is 861 g/mol. The van der Waals surface area contributed by atoms with E-state index < -0.39 is 25.0 Å². The van der Waals surface area contributed by atoms with E-state index in [2.05, 4.69) is 154 Å². The summed E-state index contributed by atoms with van der Waals surface area (Å²) in [5, 5.41) is 11.1. The van der Waals surface area contributed by atoms with E-state index in [1.807, 2.05) is 0 Å². The summed E-state index contributed by atoms with van der Waals surface area (Å²) in [5.74, 6) is 1.70. The molecule has 2 unspecified atom stereocenters. The van der Waals surface area contributed by atoms with Crippen LogP contribution in [0, 0.1) is 23.7 Å². The van der Waals surface area contributed by atoms with Gasteiger partial charge in [0.25, 0.3) is 0 Å². The maximum absolute atomic E-state index is 10.7. The van der Waals surface area contributed by atoms with Crippen molar-refractivity contribution in [3.63, 3.8) is 0 Å². The quantitative estimate of drug-likeness (QED) is 0.104. The van der Waals surface area contributed by atoms with Gasteiger partial charge in [0.1, 0.15) is 0 Å². The molecule has 0 aromatic heterocycles. The normalized spacial score (nSPS) is 28.7. The van der Waals surface area contributed by atoms with Gasteiger partial charge in [-0.25, -0.2) is 0 Å². The molecule has 8 nitrogen and oxygen atoms in total. The highest BCUT2D eigenvalue weighted by molar-refractivity contribution is 6.74. The Balaban J connectivity index is 0.000000247. The van der Waals surface area contributed by atoms with Crippen molar-refractivity contribution in [3.8, 4) is 0 Å². The molecule has 2 heterocycles. The van der Waals surface area contributed by atoms with E-state index in [4.69, 9.17) is 32.2 Å². The van der Waals surface area contributed by atoms with Crippen molar-refractivity contribution in [2.45, 2.75) is 218 Å². The van der Waals surface area contributed by atoms with Gasteiger partial charge in [0.2, 0.25) is 8.32 Å². The summed E-state index contributed by atoms with van der Waals surface area (Å²) in [4.78, 5) is 0. The number of rotatable bonds is 20. The first-order valence-corrected chi connectivity index (χ1v) is 34.5. The molecule has 0 bridgehead atoms. The standard InChI is InChI=1S/C29H50O4Si2.C25H42O4Si/c1-29(2,3)35(8,9)33-24(16-15-22-13-11-10-12-14-22)17-18-25-23(21-31-34(5,6)7)19-27-26(25)20-28(30-4)32-27;1-25(2,3)30(5,6)29-19(13-12-18-10-8-7-9-11-18)14-15-20-21-16-24(27-4)28-23(21)17-22(20)26/h10-14,21,24-28H,15-20H2,1-9H3;7-11,19-24,26H,12-17H2,1-6H3/t24-,25-,26+,27-,28?;19-,20+,21+,22+,23-,24?/m00/s1. The van der Waals surface area contributed by atoms with Crippen LogP contribution in [-0.2, 0) is 45.1 Å². The average molecular weight is 954 g/mol. The van der Waals surface area contributed by atoms with Crippen LogP contribution >= 0.6 is 0 Å². The number of methoxy groups -OCH3 is 2. The Bertz CT molecular complexity index is 1740. The van der Waals surface area contributed by atoms with Crippen LogP contribution in [0.3, 0.4) is 0 Å². The number of aliphatic hydroxyl groups is 1. The van der Waals surface area contributed by atoms with E-state index in [0.717, 1.165) is 77.0 Å². The van der Waals surface area contributed by atoms with Crippen LogP contribution in [0.5, 0.6) is 0 Å². The predicted molar refractivity (Wildman–Crippen MR) is 274 cm³/mol. The zero-order chi connectivity index (χ0) is 47.8. The van der Waals surface area contributed by atoms with Gasteiger partial charge in [0.15, 0.2) is 29.2 Å². The van der Waals surface area contributed by atoms with Crippen LogP contribution in [-0.4, -0.2) is 87.4 Å². The lowest BCUT2D eigenvalue weighted by Crippen LogP contribution is -2.44. The van der Waals surface area contributed by atoms with Crippen LogP contribution in [0.25, 0.3) is 0 Å². The maximum atomic E-state index is 10.7. The van der Waals surface area contributed by atoms with E-state index >= 15 is 0 Å². The van der Waals surface area contributed by atoms with Gasteiger partial charge in [0.05, 0.1) is 24.6 Å². The van der Waals surface area contributed by atoms with Crippen LogP contribution < -0.4 is 0 Å². The molecule has 0 radical (unpaired) electrons. The average Bonchev–Trinajstić information content (AvgIpc) is 3.98. The van der Waals surface area contributed by atoms with Crippen LogP contribution in [0.1, 0.15) is 117 Å². The fourth-order valence-electron chi connectivity index (χ4n) is 10.0. The van der Waals surface area contributed by atoms with Crippen LogP contribution in [0.2, 0.25) is 55.9 Å². The lowest BCUT2D eigenvalue weighted by atomic mass is 9.86. The molecule has 2 saturated heterocycles. The molecule has 11 heteroatoms. The Kier molecular flexibility index (Phi) is 19.5. The highest BCUT2D eigenvalue weighted by Crippen LogP contribution is 2.50. The van der Waals surface area contributed by atoms with Gasteiger partial charge in [0, 0.05) is 45.7 Å². The molecule has 2 saturated carbocycles. The van der Waals surface area contributed by atoms with Crippen molar-refractivity contribution in [1.29, 1.82) is 0 Å². The lowest BCUT2D eigenvalue weighted by Gasteiger charge is -2.40. The van der Waals surface area contributed by atoms with E-state index in [9.17, 15) is 5.11 Å². The monoisotopic (exact) mass is 953 g/mol. The minimum absolute atomic E-state index is 0.0654. The Hall–Kier alpha value is -1.65. The molecular formula is C54H92O8Si3. The van der Waals surface area contributed by atoms with Gasteiger partial charge in [-0.3, -0.25) is 0 Å². The Labute approximate surface area is 399 Å². The van der Waals surface area contributed by atoms with Crippen molar-refractivity contribution in [2.75, 3.05) is 14.2 Å². The van der Waals surface area contributed by atoms with E-state index in [1.54, 1.807) is 14.2 Å². The molecule has 11 atom stereocenters. The number of aliphatic hydroxyl groups excluding tert-OH is 1. The third kappa shape index (κ3) is 15.7. The molecule has 2 aromatic rings.